The highest BCUT2D eigenvalue weighted by molar-refractivity contribution is 6.33. The van der Waals surface area contributed by atoms with Crippen molar-refractivity contribution < 1.29 is 13.6 Å². The van der Waals surface area contributed by atoms with Crippen LogP contribution < -0.4 is 5.32 Å². The van der Waals surface area contributed by atoms with E-state index in [1.165, 1.54) is 6.07 Å². The van der Waals surface area contributed by atoms with Crippen molar-refractivity contribution in [2.24, 2.45) is 0 Å². The maximum atomic E-state index is 13.5. The number of nitrogens with one attached hydrogen (secondary N) is 1. The molecule has 0 bridgehead atoms. The molecule has 1 fully saturated rings. The van der Waals surface area contributed by atoms with E-state index in [0.717, 1.165) is 37.8 Å². The zero-order valence-electron chi connectivity index (χ0n) is 15.1. The molecule has 1 atom stereocenters. The molecule has 1 unspecified atom stereocenters. The quantitative estimate of drug-likeness (QED) is 0.835. The van der Waals surface area contributed by atoms with E-state index in [4.69, 9.17) is 11.6 Å². The van der Waals surface area contributed by atoms with E-state index in [-0.39, 0.29) is 11.9 Å². The monoisotopic (exact) mass is 393 g/mol. The van der Waals surface area contributed by atoms with Gasteiger partial charge in [0.15, 0.2) is 11.6 Å². The molecular weight excluding hydrogens is 372 g/mol. The Morgan fingerprint density at radius 2 is 1.81 bits per heavy atom. The molecule has 0 spiro atoms. The van der Waals surface area contributed by atoms with Gasteiger partial charge in [0.1, 0.15) is 0 Å². The van der Waals surface area contributed by atoms with Gasteiger partial charge in [0.25, 0.3) is 0 Å². The summed E-state index contributed by atoms with van der Waals surface area (Å²) in [5.41, 5.74) is 1.36. The van der Waals surface area contributed by atoms with Gasteiger partial charge < -0.3 is 5.32 Å². The molecule has 1 amide bonds. The topological polar surface area (TPSA) is 35.6 Å². The Kier molecular flexibility index (Phi) is 6.42. The van der Waals surface area contributed by atoms with Crippen LogP contribution in [0.3, 0.4) is 0 Å². The Bertz CT molecular complexity index is 810. The van der Waals surface area contributed by atoms with Gasteiger partial charge in [-0.1, -0.05) is 29.8 Å². The second kappa shape index (κ2) is 8.78. The number of anilines is 1. The van der Waals surface area contributed by atoms with Crippen molar-refractivity contribution in [3.63, 3.8) is 0 Å². The van der Waals surface area contributed by atoms with E-state index >= 15 is 0 Å². The number of halogens is 3. The third-order valence-electron chi connectivity index (χ3n) is 4.90. The van der Waals surface area contributed by atoms with Gasteiger partial charge in [-0.05, 0) is 36.8 Å². The Hall–Kier alpha value is -2.02. The van der Waals surface area contributed by atoms with Gasteiger partial charge in [-0.3, -0.25) is 14.6 Å². The molecule has 1 heterocycles. The summed E-state index contributed by atoms with van der Waals surface area (Å²) in [5.74, 6) is -1.76. The summed E-state index contributed by atoms with van der Waals surface area (Å²) in [4.78, 5) is 16.5. The summed E-state index contributed by atoms with van der Waals surface area (Å²) in [7, 11) is 0. The van der Waals surface area contributed by atoms with Gasteiger partial charge in [-0.2, -0.15) is 0 Å². The molecule has 4 nitrogen and oxygen atoms in total. The SMILES string of the molecule is CC(c1ccc(F)c(F)c1)N1CCN(CC(=O)Nc2ccccc2Cl)CC1. The molecule has 1 saturated heterocycles. The predicted molar refractivity (Wildman–Crippen MR) is 103 cm³/mol. The highest BCUT2D eigenvalue weighted by Crippen LogP contribution is 2.23. The summed E-state index contributed by atoms with van der Waals surface area (Å²) in [6, 6.07) is 11.1. The van der Waals surface area contributed by atoms with E-state index < -0.39 is 11.6 Å². The number of amides is 1. The van der Waals surface area contributed by atoms with Crippen LogP contribution in [-0.4, -0.2) is 48.4 Å². The van der Waals surface area contributed by atoms with Crippen molar-refractivity contribution in [3.8, 4) is 0 Å². The zero-order chi connectivity index (χ0) is 19.4. The summed E-state index contributed by atoms with van der Waals surface area (Å²) in [6.07, 6.45) is 0. The Morgan fingerprint density at radius 1 is 1.11 bits per heavy atom. The van der Waals surface area contributed by atoms with Gasteiger partial charge in [0, 0.05) is 32.2 Å². The lowest BCUT2D eigenvalue weighted by Crippen LogP contribution is -2.49. The number of hydrogen-bond donors (Lipinski definition) is 1. The molecule has 3 rings (SSSR count). The van der Waals surface area contributed by atoms with E-state index in [9.17, 15) is 13.6 Å². The Balaban J connectivity index is 1.50. The maximum absolute atomic E-state index is 13.5. The number of nitrogens with zero attached hydrogens (tertiary/aromatic N) is 2. The van der Waals surface area contributed by atoms with Crippen molar-refractivity contribution in [1.29, 1.82) is 0 Å². The molecule has 144 valence electrons. The number of benzene rings is 2. The van der Waals surface area contributed by atoms with Crippen LogP contribution in [0.2, 0.25) is 5.02 Å². The lowest BCUT2D eigenvalue weighted by atomic mass is 10.1. The fourth-order valence-electron chi connectivity index (χ4n) is 3.25. The molecule has 0 saturated carbocycles. The molecule has 1 aliphatic heterocycles. The van der Waals surface area contributed by atoms with Crippen molar-refractivity contribution in [3.05, 3.63) is 64.7 Å². The van der Waals surface area contributed by atoms with Crippen molar-refractivity contribution >= 4 is 23.2 Å². The van der Waals surface area contributed by atoms with Gasteiger partial charge in [0.05, 0.1) is 17.3 Å². The fraction of sp³-hybridized carbons (Fsp3) is 0.350. The van der Waals surface area contributed by atoms with Crippen LogP contribution in [0.15, 0.2) is 42.5 Å². The lowest BCUT2D eigenvalue weighted by Gasteiger charge is -2.38. The molecule has 1 aliphatic rings. The van der Waals surface area contributed by atoms with Gasteiger partial charge >= 0.3 is 0 Å². The summed E-state index contributed by atoms with van der Waals surface area (Å²) in [6.45, 7) is 5.22. The Morgan fingerprint density at radius 3 is 2.48 bits per heavy atom. The minimum absolute atomic E-state index is 0.0146. The molecule has 2 aromatic rings. The summed E-state index contributed by atoms with van der Waals surface area (Å²) in [5, 5.41) is 3.34. The highest BCUT2D eigenvalue weighted by atomic mass is 35.5. The number of carbonyl (C=O) groups excluding carboxylic acids is 1. The van der Waals surface area contributed by atoms with Crippen LogP contribution in [0, 0.1) is 11.6 Å². The second-order valence-corrected chi connectivity index (χ2v) is 7.10. The van der Waals surface area contributed by atoms with Crippen molar-refractivity contribution in [2.45, 2.75) is 13.0 Å². The third kappa shape index (κ3) is 5.03. The molecule has 0 radical (unpaired) electrons. The molecule has 2 aromatic carbocycles. The van der Waals surface area contributed by atoms with Crippen LogP contribution in [0.4, 0.5) is 14.5 Å². The first kappa shape index (κ1) is 19.7. The second-order valence-electron chi connectivity index (χ2n) is 6.69. The molecule has 7 heteroatoms. The van der Waals surface area contributed by atoms with E-state index in [0.29, 0.717) is 17.3 Å². The Labute approximate surface area is 162 Å². The number of carbonyl (C=O) groups is 1. The molecule has 0 aromatic heterocycles. The number of piperazine rings is 1. The zero-order valence-corrected chi connectivity index (χ0v) is 15.8. The molecule has 0 aliphatic carbocycles. The highest BCUT2D eigenvalue weighted by Gasteiger charge is 2.24. The first-order chi connectivity index (χ1) is 12.9. The van der Waals surface area contributed by atoms with Gasteiger partial charge in [-0.25, -0.2) is 8.78 Å². The number of para-hydroxylation sites is 1. The minimum atomic E-state index is -0.833. The smallest absolute Gasteiger partial charge is 0.238 e. The average Bonchev–Trinajstić information content (AvgIpc) is 2.66. The van der Waals surface area contributed by atoms with E-state index in [1.807, 2.05) is 19.1 Å². The fourth-order valence-corrected chi connectivity index (χ4v) is 3.43. The van der Waals surface area contributed by atoms with E-state index in [1.54, 1.807) is 18.2 Å². The van der Waals surface area contributed by atoms with Crippen molar-refractivity contribution in [2.75, 3.05) is 38.0 Å². The first-order valence-electron chi connectivity index (χ1n) is 8.90. The lowest BCUT2D eigenvalue weighted by molar-refractivity contribution is -0.117. The standard InChI is InChI=1S/C20H22ClF2N3O/c1-14(15-6-7-17(22)18(23)12-15)26-10-8-25(9-11-26)13-20(27)24-19-5-3-2-4-16(19)21/h2-7,12,14H,8-11,13H2,1H3,(H,24,27). The largest absolute Gasteiger partial charge is 0.324 e. The van der Waals surface area contributed by atoms with Crippen LogP contribution in [0.25, 0.3) is 0 Å². The van der Waals surface area contributed by atoms with Crippen LogP contribution in [-0.2, 0) is 4.79 Å². The van der Waals surface area contributed by atoms with Crippen LogP contribution in [0.5, 0.6) is 0 Å². The predicted octanol–water partition coefficient (Wildman–Crippen LogP) is 3.94. The normalized spacial score (nSPS) is 16.9. The molecular formula is C20H22ClF2N3O. The minimum Gasteiger partial charge on any atom is -0.324 e. The molecule has 27 heavy (non-hydrogen) atoms. The average molecular weight is 394 g/mol. The third-order valence-corrected chi connectivity index (χ3v) is 5.23. The number of hydrogen-bond acceptors (Lipinski definition) is 3. The molecule has 1 N–H and O–H groups in total. The maximum Gasteiger partial charge on any atom is 0.238 e. The van der Waals surface area contributed by atoms with Gasteiger partial charge in [-0.15, -0.1) is 0 Å². The van der Waals surface area contributed by atoms with Crippen LogP contribution >= 0.6 is 11.6 Å². The summed E-state index contributed by atoms with van der Waals surface area (Å²) < 4.78 is 26.6. The summed E-state index contributed by atoms with van der Waals surface area (Å²) >= 11 is 6.06. The van der Waals surface area contributed by atoms with E-state index in [2.05, 4.69) is 15.1 Å². The van der Waals surface area contributed by atoms with Crippen molar-refractivity contribution in [1.82, 2.24) is 9.80 Å². The first-order valence-corrected chi connectivity index (χ1v) is 9.27. The van der Waals surface area contributed by atoms with Crippen LogP contribution in [0.1, 0.15) is 18.5 Å². The van der Waals surface area contributed by atoms with Gasteiger partial charge in [0.2, 0.25) is 5.91 Å². The number of rotatable bonds is 5.